The van der Waals surface area contributed by atoms with Crippen LogP contribution in [0.5, 0.6) is 0 Å². The number of hydrogen-bond acceptors (Lipinski definition) is 5. The van der Waals surface area contributed by atoms with Gasteiger partial charge in [0.05, 0.1) is 5.69 Å². The van der Waals surface area contributed by atoms with Crippen molar-refractivity contribution in [2.75, 3.05) is 5.32 Å². The fourth-order valence-electron chi connectivity index (χ4n) is 1.27. The molecule has 0 bridgehead atoms. The molecule has 0 radical (unpaired) electrons. The number of nitrogens with two attached hydrogens (primary N) is 1. The molecule has 2 heterocycles. The Morgan fingerprint density at radius 2 is 2.28 bits per heavy atom. The van der Waals surface area contributed by atoms with Crippen molar-refractivity contribution in [3.8, 4) is 0 Å². The van der Waals surface area contributed by atoms with Crippen LogP contribution in [0.25, 0.3) is 0 Å². The van der Waals surface area contributed by atoms with Gasteiger partial charge in [0.2, 0.25) is 0 Å². The number of thiophene rings is 1. The Morgan fingerprint density at radius 3 is 2.83 bits per heavy atom. The van der Waals surface area contributed by atoms with Gasteiger partial charge in [0.15, 0.2) is 5.84 Å². The van der Waals surface area contributed by atoms with Crippen molar-refractivity contribution in [1.82, 2.24) is 4.98 Å². The van der Waals surface area contributed by atoms with E-state index in [1.807, 2.05) is 10.8 Å². The summed E-state index contributed by atoms with van der Waals surface area (Å²) in [6, 6.07) is 4.87. The van der Waals surface area contributed by atoms with Gasteiger partial charge in [-0.2, -0.15) is 11.3 Å². The summed E-state index contributed by atoms with van der Waals surface area (Å²) in [5.41, 5.74) is 6.83. The summed E-state index contributed by atoms with van der Waals surface area (Å²) >= 11 is 1.49. The summed E-state index contributed by atoms with van der Waals surface area (Å²) in [4.78, 5) is 15.7. The minimum atomic E-state index is -0.306. The summed E-state index contributed by atoms with van der Waals surface area (Å²) in [6.45, 7) is 0. The van der Waals surface area contributed by atoms with E-state index in [4.69, 9.17) is 10.9 Å². The number of hydrogen-bond donors (Lipinski definition) is 3. The summed E-state index contributed by atoms with van der Waals surface area (Å²) in [5, 5.41) is 17.7. The second kappa shape index (κ2) is 5.28. The minimum Gasteiger partial charge on any atom is -0.409 e. The minimum absolute atomic E-state index is 0.0488. The summed E-state index contributed by atoms with van der Waals surface area (Å²) in [6.07, 6.45) is 1.37. The van der Waals surface area contributed by atoms with Gasteiger partial charge < -0.3 is 16.3 Å². The van der Waals surface area contributed by atoms with Gasteiger partial charge in [-0.3, -0.25) is 9.78 Å². The van der Waals surface area contributed by atoms with Crippen LogP contribution in [0.2, 0.25) is 0 Å². The van der Waals surface area contributed by atoms with Gasteiger partial charge in [0, 0.05) is 17.1 Å². The highest BCUT2D eigenvalue weighted by Crippen LogP contribution is 2.12. The Labute approximate surface area is 107 Å². The van der Waals surface area contributed by atoms with Gasteiger partial charge in [-0.15, -0.1) is 0 Å². The molecule has 0 unspecified atom stereocenters. The molecule has 7 heteroatoms. The third kappa shape index (κ3) is 2.64. The van der Waals surface area contributed by atoms with Crippen molar-refractivity contribution in [3.63, 3.8) is 0 Å². The number of nitrogens with one attached hydrogen (secondary N) is 1. The van der Waals surface area contributed by atoms with Crippen molar-refractivity contribution >= 4 is 28.8 Å². The highest BCUT2D eigenvalue weighted by molar-refractivity contribution is 7.08. The molecule has 2 rings (SSSR count). The number of amides is 1. The molecule has 0 saturated carbocycles. The highest BCUT2D eigenvalue weighted by Gasteiger charge is 2.08. The maximum absolute atomic E-state index is 11.8. The van der Waals surface area contributed by atoms with Gasteiger partial charge in [-0.1, -0.05) is 5.16 Å². The maximum Gasteiger partial charge on any atom is 0.274 e. The van der Waals surface area contributed by atoms with Crippen LogP contribution in [0.15, 0.2) is 40.3 Å². The Bertz CT molecular complexity index is 563. The molecule has 0 spiro atoms. The number of aromatic nitrogens is 1. The van der Waals surface area contributed by atoms with Crippen LogP contribution in [0.3, 0.4) is 0 Å². The van der Waals surface area contributed by atoms with Crippen LogP contribution in [-0.2, 0) is 0 Å². The van der Waals surface area contributed by atoms with E-state index in [2.05, 4.69) is 15.5 Å². The molecule has 0 fully saturated rings. The number of rotatable bonds is 3. The molecule has 18 heavy (non-hydrogen) atoms. The van der Waals surface area contributed by atoms with E-state index in [0.717, 1.165) is 5.69 Å². The number of oxime groups is 1. The first-order chi connectivity index (χ1) is 8.70. The van der Waals surface area contributed by atoms with Gasteiger partial charge in [0.25, 0.3) is 5.91 Å². The van der Waals surface area contributed by atoms with E-state index >= 15 is 0 Å². The molecular formula is C11H10N4O2S. The molecule has 0 atom stereocenters. The molecule has 0 aliphatic rings. The average Bonchev–Trinajstić information content (AvgIpc) is 2.91. The lowest BCUT2D eigenvalue weighted by Gasteiger charge is -2.03. The number of carbonyl (C=O) groups excluding carboxylic acids is 1. The number of pyridine rings is 1. The zero-order chi connectivity index (χ0) is 13.0. The molecule has 0 aromatic carbocycles. The molecule has 2 aromatic rings. The van der Waals surface area contributed by atoms with Crippen molar-refractivity contribution in [3.05, 3.63) is 46.4 Å². The second-order valence-electron chi connectivity index (χ2n) is 3.38. The first-order valence-electron chi connectivity index (χ1n) is 4.98. The van der Waals surface area contributed by atoms with E-state index in [9.17, 15) is 4.79 Å². The predicted octanol–water partition coefficient (Wildman–Crippen LogP) is 1.49. The van der Waals surface area contributed by atoms with Crippen LogP contribution in [0, 0.1) is 0 Å². The maximum atomic E-state index is 11.8. The number of amidine groups is 1. The van der Waals surface area contributed by atoms with Crippen molar-refractivity contribution in [2.24, 2.45) is 10.9 Å². The molecule has 0 aliphatic heterocycles. The summed E-state index contributed by atoms with van der Waals surface area (Å²) < 4.78 is 0. The zero-order valence-electron chi connectivity index (χ0n) is 9.20. The molecular weight excluding hydrogens is 252 g/mol. The number of anilines is 1. The second-order valence-corrected chi connectivity index (χ2v) is 4.16. The highest BCUT2D eigenvalue weighted by atomic mass is 32.1. The van der Waals surface area contributed by atoms with Gasteiger partial charge in [-0.05, 0) is 23.6 Å². The lowest BCUT2D eigenvalue weighted by molar-refractivity contribution is 0.102. The van der Waals surface area contributed by atoms with Crippen molar-refractivity contribution < 1.29 is 10.0 Å². The van der Waals surface area contributed by atoms with E-state index in [1.54, 1.807) is 12.1 Å². The van der Waals surface area contributed by atoms with Gasteiger partial charge >= 0.3 is 0 Å². The van der Waals surface area contributed by atoms with Crippen LogP contribution >= 0.6 is 11.3 Å². The molecule has 0 saturated heterocycles. The third-order valence-corrected chi connectivity index (χ3v) is 2.86. The fourth-order valence-corrected chi connectivity index (χ4v) is 1.86. The molecule has 92 valence electrons. The monoisotopic (exact) mass is 262 g/mol. The average molecular weight is 262 g/mol. The quantitative estimate of drug-likeness (QED) is 0.337. The Kier molecular flexibility index (Phi) is 3.54. The summed E-state index contributed by atoms with van der Waals surface area (Å²) in [5.74, 6) is -0.355. The molecule has 4 N–H and O–H groups in total. The van der Waals surface area contributed by atoms with Crippen molar-refractivity contribution in [1.29, 1.82) is 0 Å². The SMILES string of the molecule is NC(=NO)c1ccc(C(=O)Nc2ccsc2)nc1. The predicted molar refractivity (Wildman–Crippen MR) is 69.0 cm³/mol. The van der Waals surface area contributed by atoms with Crippen LogP contribution in [-0.4, -0.2) is 21.9 Å². The smallest absolute Gasteiger partial charge is 0.274 e. The Balaban J connectivity index is 2.12. The Morgan fingerprint density at radius 1 is 1.44 bits per heavy atom. The van der Waals surface area contributed by atoms with Crippen molar-refractivity contribution in [2.45, 2.75) is 0 Å². The zero-order valence-corrected chi connectivity index (χ0v) is 10.0. The largest absolute Gasteiger partial charge is 0.409 e. The molecule has 6 nitrogen and oxygen atoms in total. The van der Waals surface area contributed by atoms with E-state index in [1.165, 1.54) is 23.6 Å². The number of carbonyl (C=O) groups is 1. The van der Waals surface area contributed by atoms with E-state index in [0.29, 0.717) is 5.56 Å². The molecule has 2 aromatic heterocycles. The van der Waals surface area contributed by atoms with E-state index in [-0.39, 0.29) is 17.4 Å². The van der Waals surface area contributed by atoms with Crippen LogP contribution < -0.4 is 11.1 Å². The standard InChI is InChI=1S/C11H10N4O2S/c12-10(15-17)7-1-2-9(13-5-7)11(16)14-8-3-4-18-6-8/h1-6,17H,(H2,12,15)(H,14,16). The van der Waals surface area contributed by atoms with Gasteiger partial charge in [-0.25, -0.2) is 0 Å². The normalized spacial score (nSPS) is 11.2. The Hall–Kier alpha value is -2.41. The van der Waals surface area contributed by atoms with Crippen LogP contribution in [0.1, 0.15) is 16.1 Å². The topological polar surface area (TPSA) is 101 Å². The first kappa shape index (κ1) is 12.1. The third-order valence-electron chi connectivity index (χ3n) is 2.18. The molecule has 0 aliphatic carbocycles. The lowest BCUT2D eigenvalue weighted by Crippen LogP contribution is -2.16. The number of nitrogens with zero attached hydrogens (tertiary/aromatic N) is 2. The molecule has 1 amide bonds. The fraction of sp³-hybridized carbons (Fsp3) is 0. The lowest BCUT2D eigenvalue weighted by atomic mass is 10.2. The van der Waals surface area contributed by atoms with Gasteiger partial charge in [0.1, 0.15) is 5.69 Å². The first-order valence-corrected chi connectivity index (χ1v) is 5.92. The van der Waals surface area contributed by atoms with Crippen LogP contribution in [0.4, 0.5) is 5.69 Å². The summed E-state index contributed by atoms with van der Waals surface area (Å²) in [7, 11) is 0. The van der Waals surface area contributed by atoms with E-state index < -0.39 is 0 Å².